The molecule has 0 bridgehead atoms. The maximum Gasteiger partial charge on any atom is 0.322 e. The summed E-state index contributed by atoms with van der Waals surface area (Å²) in [7, 11) is 0. The lowest BCUT2D eigenvalue weighted by molar-refractivity contribution is -0.113. The van der Waals surface area contributed by atoms with Crippen LogP contribution in [0.15, 0.2) is 63.9 Å². The van der Waals surface area contributed by atoms with Crippen molar-refractivity contribution in [1.82, 2.24) is 10.2 Å². The largest absolute Gasteiger partial charge is 0.403 e. The highest BCUT2D eigenvalue weighted by molar-refractivity contribution is 8.00. The Bertz CT molecular complexity index is 785. The molecule has 0 radical (unpaired) electrons. The van der Waals surface area contributed by atoms with Gasteiger partial charge in [0.15, 0.2) is 0 Å². The minimum atomic E-state index is -0.182. The van der Waals surface area contributed by atoms with Gasteiger partial charge >= 0.3 is 6.01 Å². The summed E-state index contributed by atoms with van der Waals surface area (Å²) in [6.07, 6.45) is 0. The standard InChI is InChI=1S/C17H15N3O2S/c1-12-7-9-13(10-8-12)16-19-20-17(22-16)18-15(21)11-23-14-5-3-2-4-6-14/h2-10H,11H2,1H3,(H,18,20,21). The highest BCUT2D eigenvalue weighted by Crippen LogP contribution is 2.21. The van der Waals surface area contributed by atoms with Crippen LogP contribution in [0, 0.1) is 6.92 Å². The molecule has 0 fully saturated rings. The molecule has 116 valence electrons. The Morgan fingerprint density at radius 2 is 1.83 bits per heavy atom. The summed E-state index contributed by atoms with van der Waals surface area (Å²) in [6, 6.07) is 17.6. The minimum absolute atomic E-state index is 0.110. The number of nitrogens with one attached hydrogen (secondary N) is 1. The lowest BCUT2D eigenvalue weighted by Gasteiger charge is -2.01. The Kier molecular flexibility index (Phi) is 4.73. The summed E-state index contributed by atoms with van der Waals surface area (Å²) in [6.45, 7) is 2.01. The number of amides is 1. The Morgan fingerprint density at radius 3 is 2.57 bits per heavy atom. The van der Waals surface area contributed by atoms with E-state index in [2.05, 4.69) is 15.5 Å². The molecular weight excluding hydrogens is 310 g/mol. The zero-order valence-corrected chi connectivity index (χ0v) is 13.3. The Hall–Kier alpha value is -2.60. The number of hydrogen-bond acceptors (Lipinski definition) is 5. The second kappa shape index (κ2) is 7.11. The second-order valence-electron chi connectivity index (χ2n) is 4.93. The van der Waals surface area contributed by atoms with Crippen LogP contribution >= 0.6 is 11.8 Å². The summed E-state index contributed by atoms with van der Waals surface area (Å²) in [4.78, 5) is 13.0. The molecule has 0 aliphatic rings. The number of aryl methyl sites for hydroxylation is 1. The molecule has 0 aliphatic carbocycles. The van der Waals surface area contributed by atoms with E-state index in [1.54, 1.807) is 0 Å². The van der Waals surface area contributed by atoms with Gasteiger partial charge < -0.3 is 4.42 Å². The van der Waals surface area contributed by atoms with Crippen molar-refractivity contribution in [3.8, 4) is 11.5 Å². The molecule has 0 spiro atoms. The zero-order chi connectivity index (χ0) is 16.1. The average molecular weight is 325 g/mol. The van der Waals surface area contributed by atoms with Crippen LogP contribution in [0.2, 0.25) is 0 Å². The topological polar surface area (TPSA) is 68.0 Å². The van der Waals surface area contributed by atoms with E-state index in [9.17, 15) is 4.79 Å². The summed E-state index contributed by atoms with van der Waals surface area (Å²) in [5, 5.41) is 10.4. The van der Waals surface area contributed by atoms with E-state index in [-0.39, 0.29) is 17.7 Å². The van der Waals surface area contributed by atoms with Crippen LogP contribution in [0.5, 0.6) is 0 Å². The molecular formula is C17H15N3O2S. The normalized spacial score (nSPS) is 10.5. The van der Waals surface area contributed by atoms with Crippen LogP contribution in [0.4, 0.5) is 6.01 Å². The third-order valence-electron chi connectivity index (χ3n) is 3.08. The summed E-state index contributed by atoms with van der Waals surface area (Å²) in [5.74, 6) is 0.487. The number of aromatic nitrogens is 2. The molecule has 5 nitrogen and oxygen atoms in total. The van der Waals surface area contributed by atoms with Gasteiger partial charge in [0.2, 0.25) is 11.8 Å². The molecule has 0 atom stereocenters. The van der Waals surface area contributed by atoms with Crippen LogP contribution < -0.4 is 5.32 Å². The first-order valence-corrected chi connectivity index (χ1v) is 8.07. The Morgan fingerprint density at radius 1 is 1.09 bits per heavy atom. The fourth-order valence-electron chi connectivity index (χ4n) is 1.91. The predicted molar refractivity (Wildman–Crippen MR) is 90.3 cm³/mol. The van der Waals surface area contributed by atoms with Crippen molar-refractivity contribution in [2.24, 2.45) is 0 Å². The van der Waals surface area contributed by atoms with Gasteiger partial charge in [-0.3, -0.25) is 10.1 Å². The molecule has 3 rings (SSSR count). The maximum absolute atomic E-state index is 11.9. The summed E-state index contributed by atoms with van der Waals surface area (Å²) < 4.78 is 5.47. The van der Waals surface area contributed by atoms with Gasteiger partial charge in [-0.15, -0.1) is 16.9 Å². The first kappa shape index (κ1) is 15.3. The van der Waals surface area contributed by atoms with Gasteiger partial charge in [-0.1, -0.05) is 41.0 Å². The number of hydrogen-bond donors (Lipinski definition) is 1. The van der Waals surface area contributed by atoms with Gasteiger partial charge in [-0.25, -0.2) is 0 Å². The van der Waals surface area contributed by atoms with Gasteiger partial charge in [0, 0.05) is 10.5 Å². The van der Waals surface area contributed by atoms with E-state index >= 15 is 0 Å². The maximum atomic E-state index is 11.9. The number of nitrogens with zero attached hydrogens (tertiary/aromatic N) is 2. The van der Waals surface area contributed by atoms with Crippen molar-refractivity contribution in [3.63, 3.8) is 0 Å². The van der Waals surface area contributed by atoms with Crippen molar-refractivity contribution >= 4 is 23.7 Å². The van der Waals surface area contributed by atoms with E-state index < -0.39 is 0 Å². The number of rotatable bonds is 5. The van der Waals surface area contributed by atoms with E-state index in [4.69, 9.17) is 4.42 Å². The highest BCUT2D eigenvalue weighted by Gasteiger charge is 2.11. The Labute approximate surface area is 138 Å². The van der Waals surface area contributed by atoms with Crippen molar-refractivity contribution in [2.45, 2.75) is 11.8 Å². The molecule has 1 aromatic heterocycles. The molecule has 2 aromatic carbocycles. The molecule has 1 N–H and O–H groups in total. The lowest BCUT2D eigenvalue weighted by Crippen LogP contribution is -2.14. The van der Waals surface area contributed by atoms with Gasteiger partial charge in [0.1, 0.15) is 0 Å². The number of carbonyl (C=O) groups excluding carboxylic acids is 1. The average Bonchev–Trinajstić information content (AvgIpc) is 3.03. The van der Waals surface area contributed by atoms with Crippen molar-refractivity contribution in [1.29, 1.82) is 0 Å². The number of anilines is 1. The van der Waals surface area contributed by atoms with Gasteiger partial charge in [-0.05, 0) is 31.2 Å². The van der Waals surface area contributed by atoms with Crippen LogP contribution in [0.1, 0.15) is 5.56 Å². The van der Waals surface area contributed by atoms with Crippen molar-refractivity contribution in [3.05, 3.63) is 60.2 Å². The minimum Gasteiger partial charge on any atom is -0.403 e. The summed E-state index contributed by atoms with van der Waals surface area (Å²) >= 11 is 1.45. The van der Waals surface area contributed by atoms with E-state index in [0.29, 0.717) is 5.89 Å². The first-order valence-electron chi connectivity index (χ1n) is 7.09. The fraction of sp³-hybridized carbons (Fsp3) is 0.118. The van der Waals surface area contributed by atoms with Gasteiger partial charge in [-0.2, -0.15) is 0 Å². The quantitative estimate of drug-likeness (QED) is 0.723. The van der Waals surface area contributed by atoms with Crippen LogP contribution in [0.25, 0.3) is 11.5 Å². The predicted octanol–water partition coefficient (Wildman–Crippen LogP) is 3.78. The van der Waals surface area contributed by atoms with Crippen LogP contribution in [0.3, 0.4) is 0 Å². The third kappa shape index (κ3) is 4.20. The van der Waals surface area contributed by atoms with Crippen LogP contribution in [-0.4, -0.2) is 21.9 Å². The molecule has 0 unspecified atom stereocenters. The molecule has 3 aromatic rings. The molecule has 0 aliphatic heterocycles. The van der Waals surface area contributed by atoms with Crippen molar-refractivity contribution in [2.75, 3.05) is 11.1 Å². The third-order valence-corrected chi connectivity index (χ3v) is 4.10. The summed E-state index contributed by atoms with van der Waals surface area (Å²) in [5.41, 5.74) is 1.97. The molecule has 1 heterocycles. The number of thioether (sulfide) groups is 1. The monoisotopic (exact) mass is 325 g/mol. The SMILES string of the molecule is Cc1ccc(-c2nnc(NC(=O)CSc3ccccc3)o2)cc1. The lowest BCUT2D eigenvalue weighted by atomic mass is 10.1. The van der Waals surface area contributed by atoms with Crippen molar-refractivity contribution < 1.29 is 9.21 Å². The molecule has 0 saturated heterocycles. The molecule has 23 heavy (non-hydrogen) atoms. The molecule has 0 saturated carbocycles. The zero-order valence-electron chi connectivity index (χ0n) is 12.5. The van der Waals surface area contributed by atoms with E-state index in [1.165, 1.54) is 11.8 Å². The second-order valence-corrected chi connectivity index (χ2v) is 5.98. The van der Waals surface area contributed by atoms with Gasteiger partial charge in [0.05, 0.1) is 5.75 Å². The Balaban J connectivity index is 1.58. The van der Waals surface area contributed by atoms with E-state index in [1.807, 2.05) is 61.5 Å². The fourth-order valence-corrected chi connectivity index (χ4v) is 2.63. The number of benzene rings is 2. The van der Waals surface area contributed by atoms with E-state index in [0.717, 1.165) is 16.0 Å². The smallest absolute Gasteiger partial charge is 0.322 e. The van der Waals surface area contributed by atoms with Crippen LogP contribution in [-0.2, 0) is 4.79 Å². The molecule has 6 heteroatoms. The van der Waals surface area contributed by atoms with Gasteiger partial charge in [0.25, 0.3) is 0 Å². The first-order chi connectivity index (χ1) is 11.2. The highest BCUT2D eigenvalue weighted by atomic mass is 32.2. The molecule has 1 amide bonds. The number of carbonyl (C=O) groups is 1.